The summed E-state index contributed by atoms with van der Waals surface area (Å²) in [6.07, 6.45) is 0.407. The summed E-state index contributed by atoms with van der Waals surface area (Å²) in [7, 11) is 0. The Morgan fingerprint density at radius 3 is 2.17 bits per heavy atom. The van der Waals surface area contributed by atoms with Gasteiger partial charge in [0.1, 0.15) is 0 Å². The van der Waals surface area contributed by atoms with E-state index in [2.05, 4.69) is 11.8 Å². The topological polar surface area (TPSA) is 23.1 Å². The van der Waals surface area contributed by atoms with Crippen molar-refractivity contribution in [1.82, 2.24) is 0 Å². The van der Waals surface area contributed by atoms with Crippen molar-refractivity contribution < 1.29 is 4.89 Å². The van der Waals surface area contributed by atoms with Crippen molar-refractivity contribution in [2.45, 2.75) is 6.92 Å². The van der Waals surface area contributed by atoms with Crippen LogP contribution in [0.2, 0.25) is 0 Å². The second-order valence-corrected chi connectivity index (χ2v) is 6.73. The maximum Gasteiger partial charge on any atom is -0.0262 e. The van der Waals surface area contributed by atoms with Gasteiger partial charge >= 0.3 is 0 Å². The van der Waals surface area contributed by atoms with E-state index in [9.17, 15) is 4.89 Å². The predicted octanol–water partition coefficient (Wildman–Crippen LogP) is 0.915. The Labute approximate surface area is 47.2 Å². The minimum absolute atomic E-state index is 0.407. The van der Waals surface area contributed by atoms with E-state index in [-0.39, 0.29) is 0 Å². The molecule has 0 rings (SSSR count). The van der Waals surface area contributed by atoms with Gasteiger partial charge in [0, 0.05) is 0 Å². The summed E-state index contributed by atoms with van der Waals surface area (Å²) in [5, 5.41) is 0. The summed E-state index contributed by atoms with van der Waals surface area (Å²) in [5.74, 6) is 0. The van der Waals surface area contributed by atoms with Crippen molar-refractivity contribution >= 4 is 28.7 Å². The van der Waals surface area contributed by atoms with Crippen LogP contribution in [0.1, 0.15) is 6.92 Å². The standard InChI is InChI=1S/C2H6ClOPS/c1-2-5(3,4)6/h2H2,1H3,(H,4,6)/p-1. The molecular weight excluding hydrogens is 139 g/mol. The molecule has 0 saturated carbocycles. The van der Waals surface area contributed by atoms with E-state index in [0.717, 1.165) is 0 Å². The zero-order valence-corrected chi connectivity index (χ0v) is 5.82. The van der Waals surface area contributed by atoms with E-state index in [1.807, 2.05) is 0 Å². The molecule has 1 unspecified atom stereocenters. The summed E-state index contributed by atoms with van der Waals surface area (Å²) >= 11 is 9.40. The van der Waals surface area contributed by atoms with Crippen LogP contribution in [0.15, 0.2) is 0 Å². The fraction of sp³-hybridized carbons (Fsp3) is 1.00. The zero-order chi connectivity index (χ0) is 5.21. The number of hydrogen-bond donors (Lipinski definition) is 0. The summed E-state index contributed by atoms with van der Waals surface area (Å²) in [4.78, 5) is 10.2. The average Bonchev–Trinajstić information content (AvgIpc) is 1.35. The molecule has 0 aliphatic rings. The van der Waals surface area contributed by atoms with E-state index >= 15 is 0 Å². The molecular formula is C2H5ClOPS-. The first-order valence-corrected chi connectivity index (χ1v) is 5.37. The van der Waals surface area contributed by atoms with Crippen molar-refractivity contribution in [3.63, 3.8) is 0 Å². The van der Waals surface area contributed by atoms with Crippen molar-refractivity contribution in [2.75, 3.05) is 6.16 Å². The van der Waals surface area contributed by atoms with Crippen molar-refractivity contribution in [3.05, 3.63) is 0 Å². The smallest absolute Gasteiger partial charge is 0.0262 e. The van der Waals surface area contributed by atoms with E-state index in [4.69, 9.17) is 11.2 Å². The molecule has 0 heterocycles. The van der Waals surface area contributed by atoms with Crippen molar-refractivity contribution in [1.29, 1.82) is 0 Å². The first kappa shape index (κ1) is 6.90. The first-order valence-electron chi connectivity index (χ1n) is 1.56. The summed E-state index contributed by atoms with van der Waals surface area (Å²) in [6.45, 7) is 1.71. The highest BCUT2D eigenvalue weighted by atomic mass is 35.7. The Morgan fingerprint density at radius 2 is 2.17 bits per heavy atom. The molecule has 0 spiro atoms. The van der Waals surface area contributed by atoms with E-state index in [0.29, 0.717) is 6.16 Å². The van der Waals surface area contributed by atoms with E-state index in [1.165, 1.54) is 0 Å². The van der Waals surface area contributed by atoms with Crippen LogP contribution >= 0.6 is 16.9 Å². The Balaban J connectivity index is 3.48. The van der Waals surface area contributed by atoms with Crippen LogP contribution in [-0.2, 0) is 11.8 Å². The third-order valence-corrected chi connectivity index (χ3v) is 2.62. The molecule has 0 bridgehead atoms. The molecule has 0 aromatic rings. The van der Waals surface area contributed by atoms with Crippen LogP contribution in [-0.4, -0.2) is 6.16 Å². The predicted molar refractivity (Wildman–Crippen MR) is 30.7 cm³/mol. The molecule has 0 amide bonds. The Bertz CT molecular complexity index is 77.6. The van der Waals surface area contributed by atoms with Gasteiger partial charge in [-0.05, 0) is 11.8 Å². The number of hydrogen-bond acceptors (Lipinski definition) is 2. The maximum absolute atomic E-state index is 10.2. The van der Waals surface area contributed by atoms with Crippen LogP contribution < -0.4 is 4.89 Å². The lowest BCUT2D eigenvalue weighted by Gasteiger charge is -2.14. The fourth-order valence-corrected chi connectivity index (χ4v) is 0. The summed E-state index contributed by atoms with van der Waals surface area (Å²) in [6, 6.07) is 0. The number of rotatable bonds is 1. The molecule has 0 aromatic carbocycles. The van der Waals surface area contributed by atoms with Gasteiger partial charge < -0.3 is 4.89 Å². The van der Waals surface area contributed by atoms with Crippen molar-refractivity contribution in [2.24, 2.45) is 0 Å². The van der Waals surface area contributed by atoms with E-state index in [1.54, 1.807) is 6.92 Å². The molecule has 4 heteroatoms. The third-order valence-electron chi connectivity index (χ3n) is 0.378. The molecule has 0 N–H and O–H groups in total. The highest BCUT2D eigenvalue weighted by Crippen LogP contribution is 2.40. The van der Waals surface area contributed by atoms with Gasteiger partial charge in [-0.1, -0.05) is 18.7 Å². The largest absolute Gasteiger partial charge is 0.810 e. The molecule has 0 radical (unpaired) electrons. The second kappa shape index (κ2) is 2.27. The van der Waals surface area contributed by atoms with Gasteiger partial charge in [0.2, 0.25) is 0 Å². The normalized spacial score (nSPS) is 19.8. The van der Waals surface area contributed by atoms with Crippen LogP contribution in [0.4, 0.5) is 0 Å². The fourth-order valence-electron chi connectivity index (χ4n) is 0. The molecule has 38 valence electrons. The first-order chi connectivity index (χ1) is 2.56. The van der Waals surface area contributed by atoms with Gasteiger partial charge in [0.15, 0.2) is 0 Å². The molecule has 0 aliphatic heterocycles. The highest BCUT2D eigenvalue weighted by molar-refractivity contribution is 8.23. The summed E-state index contributed by atoms with van der Waals surface area (Å²) in [5.41, 5.74) is -2.59. The zero-order valence-electron chi connectivity index (χ0n) is 3.35. The van der Waals surface area contributed by atoms with Crippen LogP contribution in [0, 0.1) is 0 Å². The lowest BCUT2D eigenvalue weighted by Crippen LogP contribution is -1.93. The molecule has 1 nitrogen and oxygen atoms in total. The van der Waals surface area contributed by atoms with Gasteiger partial charge in [-0.2, -0.15) is 0 Å². The van der Waals surface area contributed by atoms with Crippen LogP contribution in [0.5, 0.6) is 0 Å². The SMILES string of the molecule is CCP([O-])(=S)Cl. The van der Waals surface area contributed by atoms with Crippen LogP contribution in [0.25, 0.3) is 0 Å². The summed E-state index contributed by atoms with van der Waals surface area (Å²) < 4.78 is 0. The minimum Gasteiger partial charge on any atom is -0.810 e. The van der Waals surface area contributed by atoms with Gasteiger partial charge in [0.25, 0.3) is 0 Å². The minimum atomic E-state index is -2.59. The highest BCUT2D eigenvalue weighted by Gasteiger charge is 1.85. The maximum atomic E-state index is 10.2. The monoisotopic (exact) mass is 143 g/mol. The molecule has 0 saturated heterocycles. The van der Waals surface area contributed by atoms with Crippen LogP contribution in [0.3, 0.4) is 0 Å². The van der Waals surface area contributed by atoms with Crippen molar-refractivity contribution in [3.8, 4) is 0 Å². The third kappa shape index (κ3) is 4.90. The number of halogens is 1. The molecule has 0 aliphatic carbocycles. The second-order valence-electron chi connectivity index (χ2n) is 0.906. The average molecular weight is 144 g/mol. The molecule has 0 fully saturated rings. The van der Waals surface area contributed by atoms with E-state index < -0.39 is 5.62 Å². The van der Waals surface area contributed by atoms with Gasteiger partial charge in [0.05, 0.1) is 0 Å². The Kier molecular flexibility index (Phi) is 2.61. The quantitative estimate of drug-likeness (QED) is 0.510. The van der Waals surface area contributed by atoms with Gasteiger partial charge in [-0.3, -0.25) is 0 Å². The Hall–Kier alpha value is 0.900. The Morgan fingerprint density at radius 1 is 2.00 bits per heavy atom. The lowest BCUT2D eigenvalue weighted by molar-refractivity contribution is -0.155. The molecule has 1 atom stereocenters. The molecule has 6 heavy (non-hydrogen) atoms. The van der Waals surface area contributed by atoms with Gasteiger partial charge in [-0.25, -0.2) is 0 Å². The van der Waals surface area contributed by atoms with Gasteiger partial charge in [-0.15, -0.1) is 11.2 Å². The molecule has 0 aromatic heterocycles. The lowest BCUT2D eigenvalue weighted by atomic mass is 11.0.